The summed E-state index contributed by atoms with van der Waals surface area (Å²) in [7, 11) is 0. The monoisotopic (exact) mass is 290 g/mol. The fourth-order valence-electron chi connectivity index (χ4n) is 2.30. The molecule has 1 aromatic heterocycles. The SMILES string of the molecule is CC(=O)N(C(=O)c1ccccc1)c1ccc2ccccc2n1. The Bertz CT molecular complexity index is 844. The van der Waals surface area contributed by atoms with Gasteiger partial charge in [0.25, 0.3) is 5.91 Å². The van der Waals surface area contributed by atoms with Crippen LogP contribution in [0.3, 0.4) is 0 Å². The summed E-state index contributed by atoms with van der Waals surface area (Å²) in [4.78, 5) is 30.1. The molecule has 3 aromatic rings. The minimum atomic E-state index is -0.379. The van der Waals surface area contributed by atoms with Crippen molar-refractivity contribution in [3.8, 4) is 0 Å². The van der Waals surface area contributed by atoms with E-state index in [0.717, 1.165) is 15.8 Å². The zero-order valence-electron chi connectivity index (χ0n) is 12.1. The Morgan fingerprint density at radius 3 is 2.27 bits per heavy atom. The Hall–Kier alpha value is -3.01. The number of rotatable bonds is 2. The van der Waals surface area contributed by atoms with Gasteiger partial charge in [0.05, 0.1) is 5.52 Å². The van der Waals surface area contributed by atoms with Crippen molar-refractivity contribution >= 4 is 28.5 Å². The predicted octanol–water partition coefficient (Wildman–Crippen LogP) is 3.43. The number of aromatic nitrogens is 1. The van der Waals surface area contributed by atoms with Gasteiger partial charge in [-0.15, -0.1) is 0 Å². The number of carbonyl (C=O) groups is 2. The van der Waals surface area contributed by atoms with Gasteiger partial charge in [-0.2, -0.15) is 0 Å². The van der Waals surface area contributed by atoms with Gasteiger partial charge in [0.15, 0.2) is 0 Å². The van der Waals surface area contributed by atoms with E-state index in [0.29, 0.717) is 11.4 Å². The van der Waals surface area contributed by atoms with Crippen molar-refractivity contribution in [2.24, 2.45) is 0 Å². The number of anilines is 1. The van der Waals surface area contributed by atoms with Crippen molar-refractivity contribution in [3.63, 3.8) is 0 Å². The van der Waals surface area contributed by atoms with Crippen molar-refractivity contribution < 1.29 is 9.59 Å². The molecule has 3 rings (SSSR count). The Morgan fingerprint density at radius 1 is 0.864 bits per heavy atom. The molecular weight excluding hydrogens is 276 g/mol. The topological polar surface area (TPSA) is 50.3 Å². The molecule has 0 unspecified atom stereocenters. The second-order valence-electron chi connectivity index (χ2n) is 4.89. The Morgan fingerprint density at radius 2 is 1.55 bits per heavy atom. The number of benzene rings is 2. The number of amides is 2. The molecule has 2 aromatic carbocycles. The molecule has 0 atom stereocenters. The van der Waals surface area contributed by atoms with Gasteiger partial charge in [-0.1, -0.05) is 36.4 Å². The number of para-hydroxylation sites is 1. The van der Waals surface area contributed by atoms with Gasteiger partial charge in [0, 0.05) is 17.9 Å². The van der Waals surface area contributed by atoms with Crippen molar-refractivity contribution in [1.82, 2.24) is 4.98 Å². The molecule has 0 radical (unpaired) electrons. The molecule has 0 aliphatic rings. The van der Waals surface area contributed by atoms with E-state index in [-0.39, 0.29) is 11.8 Å². The van der Waals surface area contributed by atoms with Crippen molar-refractivity contribution in [2.75, 3.05) is 4.90 Å². The van der Waals surface area contributed by atoms with E-state index >= 15 is 0 Å². The number of carbonyl (C=O) groups excluding carboxylic acids is 2. The van der Waals surface area contributed by atoms with Crippen LogP contribution in [0, 0.1) is 0 Å². The van der Waals surface area contributed by atoms with Crippen LogP contribution in [0.2, 0.25) is 0 Å². The third-order valence-corrected chi connectivity index (χ3v) is 3.35. The van der Waals surface area contributed by atoms with Gasteiger partial charge >= 0.3 is 0 Å². The van der Waals surface area contributed by atoms with Crippen molar-refractivity contribution in [2.45, 2.75) is 6.92 Å². The van der Waals surface area contributed by atoms with Crippen LogP contribution in [0.4, 0.5) is 5.82 Å². The van der Waals surface area contributed by atoms with Gasteiger partial charge in [-0.3, -0.25) is 9.59 Å². The summed E-state index contributed by atoms with van der Waals surface area (Å²) in [5.74, 6) is -0.410. The van der Waals surface area contributed by atoms with Crippen LogP contribution in [0.5, 0.6) is 0 Å². The molecule has 0 saturated carbocycles. The normalized spacial score (nSPS) is 10.4. The first-order chi connectivity index (χ1) is 10.7. The van der Waals surface area contributed by atoms with Crippen LogP contribution in [0.1, 0.15) is 17.3 Å². The molecule has 0 spiro atoms. The van der Waals surface area contributed by atoms with E-state index in [1.54, 1.807) is 30.3 Å². The fourth-order valence-corrected chi connectivity index (χ4v) is 2.30. The first-order valence-corrected chi connectivity index (χ1v) is 6.92. The molecule has 0 fully saturated rings. The lowest BCUT2D eigenvalue weighted by atomic mass is 10.2. The van der Waals surface area contributed by atoms with Gasteiger partial charge in [-0.25, -0.2) is 9.88 Å². The second-order valence-corrected chi connectivity index (χ2v) is 4.89. The van der Waals surface area contributed by atoms with Crippen LogP contribution in [-0.4, -0.2) is 16.8 Å². The van der Waals surface area contributed by atoms with Crippen LogP contribution >= 0.6 is 0 Å². The molecular formula is C18H14N2O2. The summed E-state index contributed by atoms with van der Waals surface area (Å²) in [5.41, 5.74) is 1.19. The van der Waals surface area contributed by atoms with E-state index in [9.17, 15) is 9.59 Å². The molecule has 0 aliphatic heterocycles. The molecule has 1 heterocycles. The molecule has 0 saturated heterocycles. The molecule has 0 aliphatic carbocycles. The van der Waals surface area contributed by atoms with E-state index in [1.165, 1.54) is 6.92 Å². The van der Waals surface area contributed by atoms with Gasteiger partial charge in [-0.05, 0) is 30.3 Å². The average Bonchev–Trinajstić information content (AvgIpc) is 2.55. The van der Waals surface area contributed by atoms with Crippen molar-refractivity contribution in [3.05, 3.63) is 72.3 Å². The minimum Gasteiger partial charge on any atom is -0.274 e. The highest BCUT2D eigenvalue weighted by molar-refractivity contribution is 6.20. The summed E-state index contributed by atoms with van der Waals surface area (Å²) < 4.78 is 0. The maximum atomic E-state index is 12.6. The molecule has 4 nitrogen and oxygen atoms in total. The quantitative estimate of drug-likeness (QED) is 0.726. The van der Waals surface area contributed by atoms with E-state index in [1.807, 2.05) is 36.4 Å². The highest BCUT2D eigenvalue weighted by Crippen LogP contribution is 2.20. The number of hydrogen-bond donors (Lipinski definition) is 0. The summed E-state index contributed by atoms with van der Waals surface area (Å²) in [5, 5.41) is 0.960. The maximum Gasteiger partial charge on any atom is 0.266 e. The minimum absolute atomic E-state index is 0.333. The second kappa shape index (κ2) is 5.77. The van der Waals surface area contributed by atoms with Gasteiger partial charge < -0.3 is 0 Å². The predicted molar refractivity (Wildman–Crippen MR) is 85.7 cm³/mol. The summed E-state index contributed by atoms with van der Waals surface area (Å²) in [6, 6.07) is 19.8. The zero-order valence-corrected chi connectivity index (χ0v) is 12.1. The van der Waals surface area contributed by atoms with E-state index in [2.05, 4.69) is 4.98 Å². The van der Waals surface area contributed by atoms with Gasteiger partial charge in [0.1, 0.15) is 5.82 Å². The third-order valence-electron chi connectivity index (χ3n) is 3.35. The molecule has 22 heavy (non-hydrogen) atoms. The lowest BCUT2D eigenvalue weighted by Crippen LogP contribution is -2.35. The van der Waals surface area contributed by atoms with Crippen LogP contribution in [0.15, 0.2) is 66.7 Å². The first kappa shape index (κ1) is 13.9. The Kier molecular flexibility index (Phi) is 3.66. The zero-order chi connectivity index (χ0) is 15.5. The van der Waals surface area contributed by atoms with Crippen molar-refractivity contribution in [1.29, 1.82) is 0 Å². The van der Waals surface area contributed by atoms with Crippen LogP contribution < -0.4 is 4.90 Å². The molecule has 4 heteroatoms. The smallest absolute Gasteiger partial charge is 0.266 e. The molecule has 2 amide bonds. The van der Waals surface area contributed by atoms with E-state index in [4.69, 9.17) is 0 Å². The average molecular weight is 290 g/mol. The molecule has 0 bridgehead atoms. The highest BCUT2D eigenvalue weighted by atomic mass is 16.2. The lowest BCUT2D eigenvalue weighted by molar-refractivity contribution is -0.116. The molecule has 0 N–H and O–H groups in total. The largest absolute Gasteiger partial charge is 0.274 e. The number of nitrogens with zero attached hydrogens (tertiary/aromatic N) is 2. The Labute approximate surface area is 128 Å². The first-order valence-electron chi connectivity index (χ1n) is 6.92. The highest BCUT2D eigenvalue weighted by Gasteiger charge is 2.22. The number of pyridine rings is 1. The van der Waals surface area contributed by atoms with Crippen LogP contribution in [-0.2, 0) is 4.79 Å². The van der Waals surface area contributed by atoms with Crippen LogP contribution in [0.25, 0.3) is 10.9 Å². The standard InChI is InChI=1S/C18H14N2O2/c1-13(21)20(18(22)15-8-3-2-4-9-15)17-12-11-14-7-5-6-10-16(14)19-17/h2-12H,1H3. The Balaban J connectivity index is 2.06. The number of fused-ring (bicyclic) bond motifs is 1. The summed E-state index contributed by atoms with van der Waals surface area (Å²) >= 11 is 0. The van der Waals surface area contributed by atoms with Gasteiger partial charge in [0.2, 0.25) is 5.91 Å². The van der Waals surface area contributed by atoms with E-state index < -0.39 is 0 Å². The summed E-state index contributed by atoms with van der Waals surface area (Å²) in [6.45, 7) is 1.36. The maximum absolute atomic E-state index is 12.6. The summed E-state index contributed by atoms with van der Waals surface area (Å²) in [6.07, 6.45) is 0. The number of imide groups is 1. The lowest BCUT2D eigenvalue weighted by Gasteiger charge is -2.18. The fraction of sp³-hybridized carbons (Fsp3) is 0.0556. The number of hydrogen-bond acceptors (Lipinski definition) is 3. The third kappa shape index (κ3) is 2.59. The molecule has 108 valence electrons.